The molecular formula is C27H21Cl2N3O2S. The lowest BCUT2D eigenvalue weighted by atomic mass is 10.1. The summed E-state index contributed by atoms with van der Waals surface area (Å²) in [5, 5.41) is 13.5. The molecule has 0 unspecified atom stereocenters. The van der Waals surface area contributed by atoms with E-state index in [0.29, 0.717) is 32.9 Å². The fourth-order valence-electron chi connectivity index (χ4n) is 3.87. The first-order valence-electron chi connectivity index (χ1n) is 10.8. The molecule has 176 valence electrons. The van der Waals surface area contributed by atoms with Gasteiger partial charge in [0, 0.05) is 11.4 Å². The Kier molecular flexibility index (Phi) is 7.51. The fourth-order valence-corrected chi connectivity index (χ4v) is 5.50. The van der Waals surface area contributed by atoms with Crippen molar-refractivity contribution in [3.8, 4) is 6.07 Å². The number of hydrogen-bond acceptors (Lipinski definition) is 4. The number of benzene rings is 3. The lowest BCUT2D eigenvalue weighted by Crippen LogP contribution is -2.31. The van der Waals surface area contributed by atoms with Gasteiger partial charge in [0.1, 0.15) is 16.7 Å². The van der Waals surface area contributed by atoms with Crippen molar-refractivity contribution in [3.05, 3.63) is 104 Å². The Morgan fingerprint density at radius 2 is 1.71 bits per heavy atom. The molecule has 1 aliphatic rings. The second-order valence-electron chi connectivity index (χ2n) is 8.08. The van der Waals surface area contributed by atoms with Crippen LogP contribution in [0, 0.1) is 25.2 Å². The third kappa shape index (κ3) is 5.23. The van der Waals surface area contributed by atoms with Gasteiger partial charge in [-0.25, -0.2) is 0 Å². The van der Waals surface area contributed by atoms with Gasteiger partial charge in [-0.15, -0.1) is 0 Å². The van der Waals surface area contributed by atoms with Crippen LogP contribution >= 0.6 is 35.0 Å². The molecule has 1 N–H and O–H groups in total. The van der Waals surface area contributed by atoms with E-state index < -0.39 is 11.2 Å². The summed E-state index contributed by atoms with van der Waals surface area (Å²) in [4.78, 5) is 28.3. The minimum absolute atomic E-state index is 0.119. The Morgan fingerprint density at radius 1 is 1.03 bits per heavy atom. The third-order valence-electron chi connectivity index (χ3n) is 5.64. The first-order valence-corrected chi connectivity index (χ1v) is 12.4. The quantitative estimate of drug-likeness (QED) is 0.300. The summed E-state index contributed by atoms with van der Waals surface area (Å²) >= 11 is 13.4. The summed E-state index contributed by atoms with van der Waals surface area (Å²) in [5.74, 6) is -0.772. The number of rotatable bonds is 5. The van der Waals surface area contributed by atoms with E-state index in [1.165, 1.54) is 16.7 Å². The second-order valence-corrected chi connectivity index (χ2v) is 10.1. The molecule has 8 heteroatoms. The van der Waals surface area contributed by atoms with Crippen molar-refractivity contribution >= 4 is 58.2 Å². The number of halogens is 2. The standard InChI is InChI=1S/C27H21Cl2N3O2S/c1-16-7-6-8-17(2)24(16)31-25(33)20(15-30)27-32(19-9-4-3-5-10-19)26(34)23(35-27)14-18-11-12-21(28)22(29)13-18/h3-13,23H,14H2,1-2H3,(H,31,33)/b27-20-/t23-/m0/s1. The van der Waals surface area contributed by atoms with Crippen molar-refractivity contribution in [2.45, 2.75) is 25.5 Å². The molecule has 0 aromatic heterocycles. The number of carbonyl (C=O) groups excluding carboxylic acids is 2. The Hall–Kier alpha value is -3.24. The van der Waals surface area contributed by atoms with Crippen molar-refractivity contribution in [2.24, 2.45) is 0 Å². The molecule has 0 saturated carbocycles. The minimum atomic E-state index is -0.559. The number of nitrogens with one attached hydrogen (secondary N) is 1. The summed E-state index contributed by atoms with van der Waals surface area (Å²) in [6.45, 7) is 3.78. The maximum Gasteiger partial charge on any atom is 0.269 e. The van der Waals surface area contributed by atoms with Gasteiger partial charge in [0.05, 0.1) is 15.3 Å². The third-order valence-corrected chi connectivity index (χ3v) is 7.65. The first-order chi connectivity index (χ1) is 16.8. The summed E-state index contributed by atoms with van der Waals surface area (Å²) < 4.78 is 0. The SMILES string of the molecule is Cc1cccc(C)c1NC(=O)/C(C#N)=C1\S[C@@H](Cc2ccc(Cl)c(Cl)c2)C(=O)N1c1ccccc1. The summed E-state index contributed by atoms with van der Waals surface area (Å²) in [6, 6.07) is 22.0. The highest BCUT2D eigenvalue weighted by molar-refractivity contribution is 8.05. The predicted octanol–water partition coefficient (Wildman–Crippen LogP) is 6.68. The van der Waals surface area contributed by atoms with Gasteiger partial charge in [0.25, 0.3) is 5.91 Å². The van der Waals surface area contributed by atoms with Crippen LogP contribution in [0.4, 0.5) is 11.4 Å². The average molecular weight is 522 g/mol. The van der Waals surface area contributed by atoms with Gasteiger partial charge >= 0.3 is 0 Å². The summed E-state index contributed by atoms with van der Waals surface area (Å²) in [5.41, 5.74) is 3.72. The van der Waals surface area contributed by atoms with Gasteiger partial charge in [0.15, 0.2) is 0 Å². The topological polar surface area (TPSA) is 73.2 Å². The van der Waals surface area contributed by atoms with Gasteiger partial charge in [-0.1, -0.05) is 77.4 Å². The maximum atomic E-state index is 13.6. The molecule has 0 radical (unpaired) electrons. The molecule has 5 nitrogen and oxygen atoms in total. The van der Waals surface area contributed by atoms with E-state index in [4.69, 9.17) is 23.2 Å². The van der Waals surface area contributed by atoms with E-state index in [0.717, 1.165) is 16.7 Å². The van der Waals surface area contributed by atoms with Crippen LogP contribution in [0.25, 0.3) is 0 Å². The molecule has 2 amide bonds. The number of nitrogens with zero attached hydrogens (tertiary/aromatic N) is 2. The molecule has 1 saturated heterocycles. The zero-order valence-corrected chi connectivity index (χ0v) is 21.3. The van der Waals surface area contributed by atoms with Gasteiger partial charge in [-0.3, -0.25) is 14.5 Å². The number of thioether (sulfide) groups is 1. The van der Waals surface area contributed by atoms with Crippen LogP contribution in [-0.4, -0.2) is 17.1 Å². The molecule has 0 spiro atoms. The van der Waals surface area contributed by atoms with E-state index in [1.807, 2.05) is 50.2 Å². The molecule has 3 aromatic carbocycles. The minimum Gasteiger partial charge on any atom is -0.321 e. The van der Waals surface area contributed by atoms with Crippen LogP contribution in [-0.2, 0) is 16.0 Å². The molecule has 35 heavy (non-hydrogen) atoms. The number of para-hydroxylation sites is 2. The Balaban J connectivity index is 1.74. The van der Waals surface area contributed by atoms with E-state index in [-0.39, 0.29) is 11.5 Å². The highest BCUT2D eigenvalue weighted by Crippen LogP contribution is 2.42. The van der Waals surface area contributed by atoms with E-state index in [2.05, 4.69) is 5.32 Å². The predicted molar refractivity (Wildman–Crippen MR) is 143 cm³/mol. The van der Waals surface area contributed by atoms with Crippen molar-refractivity contribution in [1.29, 1.82) is 5.26 Å². The number of anilines is 2. The smallest absolute Gasteiger partial charge is 0.269 e. The molecule has 0 bridgehead atoms. The molecule has 1 heterocycles. The normalized spacial score (nSPS) is 16.7. The summed E-state index contributed by atoms with van der Waals surface area (Å²) in [7, 11) is 0. The Morgan fingerprint density at radius 3 is 2.34 bits per heavy atom. The van der Waals surface area contributed by atoms with Crippen molar-refractivity contribution in [1.82, 2.24) is 0 Å². The molecular weight excluding hydrogens is 501 g/mol. The molecule has 1 aliphatic heterocycles. The average Bonchev–Trinajstić information content (AvgIpc) is 3.15. The zero-order valence-electron chi connectivity index (χ0n) is 19.0. The number of hydrogen-bond donors (Lipinski definition) is 1. The van der Waals surface area contributed by atoms with Gasteiger partial charge < -0.3 is 5.32 Å². The molecule has 1 fully saturated rings. The molecule has 4 rings (SSSR count). The van der Waals surface area contributed by atoms with Gasteiger partial charge in [0.2, 0.25) is 5.91 Å². The number of carbonyl (C=O) groups is 2. The maximum absolute atomic E-state index is 13.6. The van der Waals surface area contributed by atoms with Crippen LogP contribution in [0.3, 0.4) is 0 Å². The van der Waals surface area contributed by atoms with E-state index >= 15 is 0 Å². The van der Waals surface area contributed by atoms with Crippen LogP contribution in [0.5, 0.6) is 0 Å². The Bertz CT molecular complexity index is 1360. The van der Waals surface area contributed by atoms with Crippen LogP contribution in [0.2, 0.25) is 10.0 Å². The molecule has 1 atom stereocenters. The molecule has 3 aromatic rings. The van der Waals surface area contributed by atoms with Gasteiger partial charge in [-0.2, -0.15) is 5.26 Å². The second kappa shape index (κ2) is 10.6. The van der Waals surface area contributed by atoms with Crippen molar-refractivity contribution in [2.75, 3.05) is 10.2 Å². The largest absolute Gasteiger partial charge is 0.321 e. The van der Waals surface area contributed by atoms with Gasteiger partial charge in [-0.05, 0) is 61.2 Å². The van der Waals surface area contributed by atoms with Crippen LogP contribution in [0.1, 0.15) is 16.7 Å². The lowest BCUT2D eigenvalue weighted by molar-refractivity contribution is -0.117. The zero-order chi connectivity index (χ0) is 25.1. The fraction of sp³-hybridized carbons (Fsp3) is 0.148. The monoisotopic (exact) mass is 521 g/mol. The first kappa shape index (κ1) is 24.9. The molecule has 0 aliphatic carbocycles. The van der Waals surface area contributed by atoms with Crippen LogP contribution < -0.4 is 10.2 Å². The van der Waals surface area contributed by atoms with E-state index in [1.54, 1.807) is 36.4 Å². The number of aryl methyl sites for hydroxylation is 2. The van der Waals surface area contributed by atoms with E-state index in [9.17, 15) is 14.9 Å². The lowest BCUT2D eigenvalue weighted by Gasteiger charge is -2.19. The highest BCUT2D eigenvalue weighted by atomic mass is 35.5. The summed E-state index contributed by atoms with van der Waals surface area (Å²) in [6.07, 6.45) is 0.366. The van der Waals surface area contributed by atoms with Crippen LogP contribution in [0.15, 0.2) is 77.3 Å². The number of nitriles is 1. The van der Waals surface area contributed by atoms with Crippen molar-refractivity contribution < 1.29 is 9.59 Å². The number of amides is 2. The van der Waals surface area contributed by atoms with Crippen molar-refractivity contribution in [3.63, 3.8) is 0 Å². The highest BCUT2D eigenvalue weighted by Gasteiger charge is 2.40. The Labute approximate surface area is 218 Å².